The van der Waals surface area contributed by atoms with Gasteiger partial charge in [-0.2, -0.15) is 0 Å². The van der Waals surface area contributed by atoms with Gasteiger partial charge in [0.15, 0.2) is 21.6 Å². The molecule has 6 rings (SSSR count). The summed E-state index contributed by atoms with van der Waals surface area (Å²) in [6.45, 7) is 6.37. The summed E-state index contributed by atoms with van der Waals surface area (Å²) in [6.07, 6.45) is 4.84. The molecule has 48 heavy (non-hydrogen) atoms. The van der Waals surface area contributed by atoms with E-state index in [0.29, 0.717) is 50.1 Å². The minimum absolute atomic E-state index is 0.108. The van der Waals surface area contributed by atoms with Crippen molar-refractivity contribution < 1.29 is 24.2 Å². The number of fused-ring (bicyclic) bond motifs is 1. The number of aromatic nitrogens is 4. The number of amides is 1. The predicted octanol–water partition coefficient (Wildman–Crippen LogP) is 7.95. The van der Waals surface area contributed by atoms with Gasteiger partial charge in [-0.3, -0.25) is 14.5 Å². The highest BCUT2D eigenvalue weighted by atomic mass is 35.5. The molecular formula is C35H34ClN5O5S2. The average molecular weight is 704 g/mol. The molecule has 0 bridgehead atoms. The summed E-state index contributed by atoms with van der Waals surface area (Å²) in [5.74, 6) is -0.558. The van der Waals surface area contributed by atoms with Crippen LogP contribution in [-0.2, 0) is 15.3 Å². The number of aliphatic hydroxyl groups is 1. The van der Waals surface area contributed by atoms with Crippen molar-refractivity contribution >= 4 is 62.9 Å². The summed E-state index contributed by atoms with van der Waals surface area (Å²) in [4.78, 5) is 33.7. The van der Waals surface area contributed by atoms with Crippen LogP contribution >= 0.6 is 34.7 Å². The summed E-state index contributed by atoms with van der Waals surface area (Å²) in [6, 6.07) is 15.5. The minimum Gasteiger partial charge on any atom is -0.505 e. The van der Waals surface area contributed by atoms with E-state index in [1.165, 1.54) is 35.1 Å². The summed E-state index contributed by atoms with van der Waals surface area (Å²) in [5, 5.41) is 21.4. The van der Waals surface area contributed by atoms with Gasteiger partial charge < -0.3 is 19.0 Å². The molecule has 1 amide bonds. The molecule has 1 aliphatic rings. The van der Waals surface area contributed by atoms with Gasteiger partial charge in [0.2, 0.25) is 5.13 Å². The molecule has 1 atom stereocenters. The number of Topliss-reactive ketones (excluding diaryl/α,β-unsaturated/α-hetero) is 1. The molecule has 10 nitrogen and oxygen atoms in total. The molecule has 1 fully saturated rings. The van der Waals surface area contributed by atoms with E-state index in [4.69, 9.17) is 26.1 Å². The van der Waals surface area contributed by atoms with Crippen LogP contribution in [0.2, 0.25) is 5.02 Å². The number of carbonyl (C=O) groups excluding carboxylic acids is 2. The van der Waals surface area contributed by atoms with Crippen LogP contribution < -0.4 is 14.4 Å². The van der Waals surface area contributed by atoms with E-state index >= 15 is 0 Å². The number of aliphatic hydroxyl groups excluding tert-OH is 1. The summed E-state index contributed by atoms with van der Waals surface area (Å²) in [7, 11) is 1.53. The van der Waals surface area contributed by atoms with Crippen molar-refractivity contribution in [1.29, 1.82) is 0 Å². The Bertz CT molecular complexity index is 2040. The highest BCUT2D eigenvalue weighted by molar-refractivity contribution is 8.00. The van der Waals surface area contributed by atoms with Crippen molar-refractivity contribution in [2.75, 3.05) is 18.6 Å². The van der Waals surface area contributed by atoms with Crippen molar-refractivity contribution in [3.63, 3.8) is 0 Å². The number of rotatable bonds is 12. The second-order valence-electron chi connectivity index (χ2n) is 11.3. The van der Waals surface area contributed by atoms with E-state index in [1.54, 1.807) is 25.1 Å². The van der Waals surface area contributed by atoms with Gasteiger partial charge in [0.05, 0.1) is 31.0 Å². The van der Waals surface area contributed by atoms with Gasteiger partial charge >= 0.3 is 5.91 Å². The van der Waals surface area contributed by atoms with Crippen molar-refractivity contribution in [2.45, 2.75) is 56.2 Å². The van der Waals surface area contributed by atoms with Crippen LogP contribution in [-0.4, -0.2) is 50.1 Å². The smallest absolute Gasteiger partial charge is 0.301 e. The Hall–Kier alpha value is -4.39. The fraction of sp³-hybridized carbons (Fsp3) is 0.286. The Balaban J connectivity index is 1.44. The quantitative estimate of drug-likeness (QED) is 0.0345. The van der Waals surface area contributed by atoms with Crippen LogP contribution in [0.4, 0.5) is 5.13 Å². The first-order chi connectivity index (χ1) is 23.2. The number of hydrogen-bond donors (Lipinski definition) is 1. The third kappa shape index (κ3) is 6.39. The number of carbonyl (C=O) groups is 2. The molecule has 0 spiro atoms. The molecule has 1 saturated heterocycles. The Morgan fingerprint density at radius 3 is 2.62 bits per heavy atom. The molecule has 1 aliphatic heterocycles. The predicted molar refractivity (Wildman–Crippen MR) is 188 cm³/mol. The zero-order chi connectivity index (χ0) is 33.9. The topological polar surface area (TPSA) is 119 Å². The molecule has 13 heteroatoms. The van der Waals surface area contributed by atoms with Crippen molar-refractivity contribution in [2.24, 2.45) is 0 Å². The number of benzene rings is 2. The molecule has 0 radical (unpaired) electrons. The standard InChI is InChI=1S/C35H34ClN5O5S2/c1-5-6-9-17-46-25-15-14-22(18-26(25)45-4)29-27(30(42)28-21(3)40-16-10-11-20(2)32(40)37-28)31(43)33(44)41(29)34-38-39-35(48-34)47-19-23-12-7-8-13-24(23)36/h7-8,10-16,18,29,42H,5-6,9,17,19H2,1-4H3/b30-27+. The van der Waals surface area contributed by atoms with Crippen LogP contribution in [0.15, 0.2) is 70.7 Å². The van der Waals surface area contributed by atoms with Gasteiger partial charge in [0.1, 0.15) is 11.3 Å². The number of pyridine rings is 1. The summed E-state index contributed by atoms with van der Waals surface area (Å²) < 4.78 is 14.1. The van der Waals surface area contributed by atoms with E-state index in [9.17, 15) is 14.7 Å². The maximum Gasteiger partial charge on any atom is 0.301 e. The first-order valence-electron chi connectivity index (χ1n) is 15.5. The SMILES string of the molecule is CCCCCOc1ccc(C2/C(=C(\O)c3nc4c(C)cccn4c3C)C(=O)C(=O)N2c2nnc(SCc3ccccc3Cl)s2)cc1OC. The number of methoxy groups -OCH3 is 1. The van der Waals surface area contributed by atoms with Gasteiger partial charge in [-0.15, -0.1) is 10.2 Å². The summed E-state index contributed by atoms with van der Waals surface area (Å²) in [5.41, 5.74) is 3.71. The molecule has 1 N–H and O–H groups in total. The number of nitrogens with zero attached hydrogens (tertiary/aromatic N) is 5. The van der Waals surface area contributed by atoms with Gasteiger partial charge in [-0.25, -0.2) is 4.98 Å². The second-order valence-corrected chi connectivity index (χ2v) is 13.9. The Labute approximate surface area is 291 Å². The average Bonchev–Trinajstić information content (AvgIpc) is 3.77. The number of ketones is 1. The number of anilines is 1. The van der Waals surface area contributed by atoms with Crippen LogP contribution in [0.1, 0.15) is 60.3 Å². The van der Waals surface area contributed by atoms with E-state index < -0.39 is 17.7 Å². The minimum atomic E-state index is -1.05. The zero-order valence-electron chi connectivity index (χ0n) is 26.9. The molecule has 0 saturated carbocycles. The third-order valence-electron chi connectivity index (χ3n) is 8.17. The molecule has 0 aliphatic carbocycles. The maximum absolute atomic E-state index is 13.9. The van der Waals surface area contributed by atoms with Crippen LogP contribution in [0.3, 0.4) is 0 Å². The first kappa shape index (κ1) is 33.5. The zero-order valence-corrected chi connectivity index (χ0v) is 29.3. The fourth-order valence-electron chi connectivity index (χ4n) is 5.64. The Morgan fingerprint density at radius 2 is 1.88 bits per heavy atom. The lowest BCUT2D eigenvalue weighted by Gasteiger charge is -2.23. The maximum atomic E-state index is 13.9. The van der Waals surface area contributed by atoms with Crippen LogP contribution in [0, 0.1) is 13.8 Å². The summed E-state index contributed by atoms with van der Waals surface area (Å²) >= 11 is 8.95. The number of ether oxygens (including phenoxy) is 2. The second kappa shape index (κ2) is 14.4. The van der Waals surface area contributed by atoms with E-state index in [0.717, 1.165) is 30.4 Å². The highest BCUT2D eigenvalue weighted by Crippen LogP contribution is 2.46. The van der Waals surface area contributed by atoms with E-state index in [2.05, 4.69) is 17.1 Å². The fourth-order valence-corrected chi connectivity index (χ4v) is 7.79. The monoisotopic (exact) mass is 703 g/mol. The van der Waals surface area contributed by atoms with E-state index in [-0.39, 0.29) is 22.2 Å². The van der Waals surface area contributed by atoms with Crippen molar-refractivity contribution in [3.8, 4) is 11.5 Å². The molecule has 2 aromatic carbocycles. The molecule has 1 unspecified atom stereocenters. The molecule has 5 aromatic rings. The van der Waals surface area contributed by atoms with Crippen LogP contribution in [0.5, 0.6) is 11.5 Å². The van der Waals surface area contributed by atoms with Crippen molar-refractivity contribution in [1.82, 2.24) is 19.6 Å². The largest absolute Gasteiger partial charge is 0.505 e. The number of imidazole rings is 1. The number of halogens is 1. The number of hydrogen-bond acceptors (Lipinski definition) is 10. The van der Waals surface area contributed by atoms with Gasteiger partial charge in [0.25, 0.3) is 5.78 Å². The number of unbranched alkanes of at least 4 members (excludes halogenated alkanes) is 2. The molecule has 248 valence electrons. The number of thioether (sulfide) groups is 1. The molecular weight excluding hydrogens is 670 g/mol. The Kier molecular flexibility index (Phi) is 10.0. The van der Waals surface area contributed by atoms with Crippen molar-refractivity contribution in [3.05, 3.63) is 99.5 Å². The molecule has 4 heterocycles. The molecule has 3 aromatic heterocycles. The lowest BCUT2D eigenvalue weighted by Crippen LogP contribution is -2.29. The first-order valence-corrected chi connectivity index (χ1v) is 17.7. The highest BCUT2D eigenvalue weighted by Gasteiger charge is 2.49. The Morgan fingerprint density at radius 1 is 1.06 bits per heavy atom. The lowest BCUT2D eigenvalue weighted by atomic mass is 9.96. The van der Waals surface area contributed by atoms with E-state index in [1.807, 2.05) is 53.9 Å². The normalized spacial score (nSPS) is 15.9. The van der Waals surface area contributed by atoms with Gasteiger partial charge in [-0.1, -0.05) is 84.8 Å². The van der Waals surface area contributed by atoms with Gasteiger partial charge in [-0.05, 0) is 61.2 Å². The van der Waals surface area contributed by atoms with Crippen LogP contribution in [0.25, 0.3) is 11.4 Å². The number of aryl methyl sites for hydroxylation is 2. The van der Waals surface area contributed by atoms with Gasteiger partial charge in [0, 0.05) is 17.0 Å². The third-order valence-corrected chi connectivity index (χ3v) is 10.6. The lowest BCUT2D eigenvalue weighted by molar-refractivity contribution is -0.132.